The highest BCUT2D eigenvalue weighted by Crippen LogP contribution is 2.25. The molecular formula is C24H20N8O3. The summed E-state index contributed by atoms with van der Waals surface area (Å²) in [6.07, 6.45) is 4.98. The molecule has 11 nitrogen and oxygen atoms in total. The summed E-state index contributed by atoms with van der Waals surface area (Å²) in [5, 5.41) is 9.88. The minimum absolute atomic E-state index is 0.131. The third-order valence-corrected chi connectivity index (χ3v) is 5.26. The summed E-state index contributed by atoms with van der Waals surface area (Å²) in [4.78, 5) is 56.2. The predicted octanol–water partition coefficient (Wildman–Crippen LogP) is 3.69. The lowest BCUT2D eigenvalue weighted by atomic mass is 10.1. The highest BCUT2D eigenvalue weighted by atomic mass is 16.2. The molecule has 3 amide bonds. The van der Waals surface area contributed by atoms with Gasteiger partial charge in [0.25, 0.3) is 11.8 Å². The van der Waals surface area contributed by atoms with Crippen LogP contribution in [0.4, 0.5) is 17.6 Å². The molecular weight excluding hydrogens is 448 g/mol. The second kappa shape index (κ2) is 9.06. The van der Waals surface area contributed by atoms with Crippen LogP contribution >= 0.6 is 0 Å². The summed E-state index contributed by atoms with van der Waals surface area (Å²) < 4.78 is 0. The van der Waals surface area contributed by atoms with E-state index in [2.05, 4.69) is 40.9 Å². The lowest BCUT2D eigenvalue weighted by Gasteiger charge is -2.08. The number of rotatable bonds is 6. The van der Waals surface area contributed by atoms with Gasteiger partial charge in [0.2, 0.25) is 17.8 Å². The molecule has 0 saturated carbocycles. The lowest BCUT2D eigenvalue weighted by molar-refractivity contribution is -0.115. The first kappa shape index (κ1) is 21.8. The first-order valence-electron chi connectivity index (χ1n) is 10.8. The Labute approximate surface area is 198 Å². The Hall–Kier alpha value is -5.06. The fraction of sp³-hybridized carbons (Fsp3) is 0.0833. The lowest BCUT2D eigenvalue weighted by Crippen LogP contribution is -2.15. The number of hydrogen-bond acceptors (Lipinski definition) is 6. The number of nitrogens with zero attached hydrogens (tertiary/aromatic N) is 3. The Morgan fingerprint density at radius 2 is 1.71 bits per heavy atom. The van der Waals surface area contributed by atoms with E-state index >= 15 is 0 Å². The van der Waals surface area contributed by atoms with E-state index in [9.17, 15) is 14.4 Å². The number of hydrogen-bond donors (Lipinski definition) is 5. The van der Waals surface area contributed by atoms with Gasteiger partial charge >= 0.3 is 0 Å². The maximum absolute atomic E-state index is 13.0. The van der Waals surface area contributed by atoms with Gasteiger partial charge in [-0.3, -0.25) is 30.0 Å². The van der Waals surface area contributed by atoms with Crippen molar-refractivity contribution >= 4 is 57.1 Å². The third-order valence-electron chi connectivity index (χ3n) is 5.26. The SMILES string of the molecule is CCC(=O)Nc1cc(C(=O)Nc2ncc[nH]2)c2nc(NC(=O)c3cc4ccccc4cn3)[nH]c2c1. The number of H-pyrrole nitrogens is 2. The molecule has 3 aromatic heterocycles. The van der Waals surface area contributed by atoms with E-state index in [1.165, 1.54) is 12.3 Å². The summed E-state index contributed by atoms with van der Waals surface area (Å²) in [6, 6.07) is 12.4. The van der Waals surface area contributed by atoms with Crippen LogP contribution in [0.5, 0.6) is 0 Å². The van der Waals surface area contributed by atoms with Gasteiger partial charge in [0, 0.05) is 36.1 Å². The number of benzene rings is 2. The molecule has 0 aliphatic carbocycles. The fourth-order valence-electron chi connectivity index (χ4n) is 3.56. The Morgan fingerprint density at radius 3 is 2.49 bits per heavy atom. The van der Waals surface area contributed by atoms with Gasteiger partial charge in [-0.25, -0.2) is 9.97 Å². The maximum atomic E-state index is 13.0. The second-order valence-electron chi connectivity index (χ2n) is 7.67. The number of imidazole rings is 2. The number of carbonyl (C=O) groups excluding carboxylic acids is 3. The second-order valence-corrected chi connectivity index (χ2v) is 7.67. The minimum atomic E-state index is -0.488. The van der Waals surface area contributed by atoms with Gasteiger partial charge in [-0.2, -0.15) is 0 Å². The van der Waals surface area contributed by atoms with Crippen molar-refractivity contribution in [2.24, 2.45) is 0 Å². The molecule has 5 aromatic rings. The number of fused-ring (bicyclic) bond motifs is 2. The van der Waals surface area contributed by atoms with Gasteiger partial charge < -0.3 is 15.3 Å². The first-order chi connectivity index (χ1) is 17.0. The average molecular weight is 468 g/mol. The number of amides is 3. The molecule has 174 valence electrons. The van der Waals surface area contributed by atoms with Crippen molar-refractivity contribution in [3.05, 3.63) is 72.3 Å². The highest BCUT2D eigenvalue weighted by Gasteiger charge is 2.19. The zero-order valence-corrected chi connectivity index (χ0v) is 18.5. The molecule has 3 heterocycles. The number of nitrogens with one attached hydrogen (secondary N) is 5. The van der Waals surface area contributed by atoms with Gasteiger partial charge in [-0.15, -0.1) is 0 Å². The van der Waals surface area contributed by atoms with Gasteiger partial charge in [0.1, 0.15) is 11.2 Å². The van der Waals surface area contributed by atoms with Crippen LogP contribution in [0.1, 0.15) is 34.2 Å². The third kappa shape index (κ3) is 4.55. The van der Waals surface area contributed by atoms with Crippen molar-refractivity contribution in [2.45, 2.75) is 13.3 Å². The summed E-state index contributed by atoms with van der Waals surface area (Å²) >= 11 is 0. The van der Waals surface area contributed by atoms with Crippen LogP contribution < -0.4 is 16.0 Å². The molecule has 0 spiro atoms. The van der Waals surface area contributed by atoms with E-state index in [4.69, 9.17) is 0 Å². The van der Waals surface area contributed by atoms with Crippen molar-refractivity contribution in [2.75, 3.05) is 16.0 Å². The van der Waals surface area contributed by atoms with E-state index < -0.39 is 11.8 Å². The summed E-state index contributed by atoms with van der Waals surface area (Å²) in [5.41, 5.74) is 1.57. The molecule has 0 aliphatic heterocycles. The largest absolute Gasteiger partial charge is 0.331 e. The Bertz CT molecular complexity index is 1570. The number of pyridine rings is 1. The van der Waals surface area contributed by atoms with Crippen molar-refractivity contribution in [1.82, 2.24) is 24.9 Å². The first-order valence-corrected chi connectivity index (χ1v) is 10.8. The molecule has 0 aliphatic rings. The molecule has 0 saturated heterocycles. The van der Waals surface area contributed by atoms with Crippen LogP contribution in [-0.4, -0.2) is 42.6 Å². The van der Waals surface area contributed by atoms with E-state index in [1.807, 2.05) is 24.3 Å². The van der Waals surface area contributed by atoms with Crippen molar-refractivity contribution in [3.63, 3.8) is 0 Å². The van der Waals surface area contributed by atoms with Crippen LogP contribution in [0.25, 0.3) is 21.8 Å². The number of aromatic amines is 2. The van der Waals surface area contributed by atoms with E-state index in [0.29, 0.717) is 16.7 Å². The normalized spacial score (nSPS) is 10.9. The maximum Gasteiger partial charge on any atom is 0.276 e. The summed E-state index contributed by atoms with van der Waals surface area (Å²) in [5.74, 6) is -0.769. The molecule has 0 unspecified atom stereocenters. The Kier molecular flexibility index (Phi) is 5.63. The van der Waals surface area contributed by atoms with Gasteiger partial charge in [0.05, 0.1) is 11.1 Å². The van der Waals surface area contributed by atoms with Crippen LogP contribution in [0.15, 0.2) is 61.1 Å². The van der Waals surface area contributed by atoms with Gasteiger partial charge in [-0.05, 0) is 23.6 Å². The van der Waals surface area contributed by atoms with Gasteiger partial charge in [-0.1, -0.05) is 31.2 Å². The van der Waals surface area contributed by atoms with E-state index in [0.717, 1.165) is 10.8 Å². The van der Waals surface area contributed by atoms with Gasteiger partial charge in [0.15, 0.2) is 0 Å². The molecule has 2 aromatic carbocycles. The van der Waals surface area contributed by atoms with E-state index in [1.54, 1.807) is 31.5 Å². The standard InChI is InChI=1S/C24H20N8O3/c1-2-19(33)28-15-10-16(21(34)31-23-25-7-8-26-23)20-17(11-15)29-24(30-20)32-22(35)18-9-13-5-3-4-6-14(13)12-27-18/h3-12H,2H2,1H3,(H,28,33)(H2,25,26,31,34)(H2,29,30,32,35). The van der Waals surface area contributed by atoms with Crippen molar-refractivity contribution in [3.8, 4) is 0 Å². The summed E-state index contributed by atoms with van der Waals surface area (Å²) in [7, 11) is 0. The van der Waals surface area contributed by atoms with E-state index in [-0.39, 0.29) is 35.5 Å². The molecule has 5 rings (SSSR count). The zero-order valence-electron chi connectivity index (χ0n) is 18.5. The topological polar surface area (TPSA) is 158 Å². The van der Waals surface area contributed by atoms with Crippen molar-refractivity contribution in [1.29, 1.82) is 0 Å². The minimum Gasteiger partial charge on any atom is -0.331 e. The smallest absolute Gasteiger partial charge is 0.276 e. The molecule has 0 bridgehead atoms. The fourth-order valence-corrected chi connectivity index (χ4v) is 3.56. The quantitative estimate of drug-likeness (QED) is 0.256. The molecule has 0 radical (unpaired) electrons. The number of aromatic nitrogens is 5. The Morgan fingerprint density at radius 1 is 0.914 bits per heavy atom. The molecule has 35 heavy (non-hydrogen) atoms. The zero-order chi connectivity index (χ0) is 24.4. The van der Waals surface area contributed by atoms with Crippen LogP contribution in [-0.2, 0) is 4.79 Å². The predicted molar refractivity (Wildman–Crippen MR) is 131 cm³/mol. The summed E-state index contributed by atoms with van der Waals surface area (Å²) in [6.45, 7) is 1.73. The van der Waals surface area contributed by atoms with Crippen molar-refractivity contribution < 1.29 is 14.4 Å². The Balaban J connectivity index is 1.48. The molecule has 5 N–H and O–H groups in total. The monoisotopic (exact) mass is 468 g/mol. The van der Waals surface area contributed by atoms with Crippen LogP contribution in [0.2, 0.25) is 0 Å². The number of carbonyl (C=O) groups is 3. The average Bonchev–Trinajstić information content (AvgIpc) is 3.52. The van der Waals surface area contributed by atoms with Crippen LogP contribution in [0, 0.1) is 0 Å². The van der Waals surface area contributed by atoms with Crippen LogP contribution in [0.3, 0.4) is 0 Å². The molecule has 0 atom stereocenters. The number of anilines is 3. The molecule has 0 fully saturated rings. The molecule has 11 heteroatoms. The highest BCUT2D eigenvalue weighted by molar-refractivity contribution is 6.13.